The van der Waals surface area contributed by atoms with Gasteiger partial charge < -0.3 is 0 Å². The van der Waals surface area contributed by atoms with Crippen molar-refractivity contribution in [3.8, 4) is 89.5 Å². The summed E-state index contributed by atoms with van der Waals surface area (Å²) in [5, 5.41) is 2.57. The minimum atomic E-state index is -0.0611. The highest BCUT2D eigenvalue weighted by atomic mass is 32.1. The van der Waals surface area contributed by atoms with Crippen molar-refractivity contribution in [2.75, 3.05) is 0 Å². The molecule has 0 bridgehead atoms. The summed E-state index contributed by atoms with van der Waals surface area (Å²) in [6.07, 6.45) is 0. The van der Waals surface area contributed by atoms with Crippen LogP contribution in [0.4, 0.5) is 0 Å². The molecule has 9 aromatic carbocycles. The van der Waals surface area contributed by atoms with Crippen LogP contribution in [0.5, 0.6) is 0 Å². The van der Waals surface area contributed by atoms with Gasteiger partial charge in [0.25, 0.3) is 0 Å². The molecule has 0 saturated carbocycles. The highest BCUT2D eigenvalue weighted by Gasteiger charge is 2.35. The van der Waals surface area contributed by atoms with Crippen LogP contribution in [-0.4, -0.2) is 9.97 Å². The zero-order valence-electron chi connectivity index (χ0n) is 35.6. The van der Waals surface area contributed by atoms with Gasteiger partial charge in [-0.15, -0.1) is 11.3 Å². The van der Waals surface area contributed by atoms with Crippen LogP contribution in [0, 0.1) is 0 Å². The molecule has 0 spiro atoms. The number of hydrogen-bond acceptors (Lipinski definition) is 3. The summed E-state index contributed by atoms with van der Waals surface area (Å²) >= 11 is 1.85. The van der Waals surface area contributed by atoms with Gasteiger partial charge >= 0.3 is 0 Å². The Morgan fingerprint density at radius 3 is 1.64 bits per heavy atom. The second-order valence-electron chi connectivity index (χ2n) is 17.3. The lowest BCUT2D eigenvalue weighted by Gasteiger charge is -2.21. The van der Waals surface area contributed by atoms with Crippen molar-refractivity contribution in [3.05, 3.63) is 230 Å². The van der Waals surface area contributed by atoms with E-state index in [0.29, 0.717) is 5.82 Å². The van der Waals surface area contributed by atoms with Crippen LogP contribution in [-0.2, 0) is 5.41 Å². The summed E-state index contributed by atoms with van der Waals surface area (Å²) in [7, 11) is 0. The fraction of sp³-hybridized carbons (Fsp3) is 0.0492. The zero-order valence-corrected chi connectivity index (χ0v) is 36.4. The molecule has 302 valence electrons. The molecule has 3 heteroatoms. The number of rotatable bonds is 7. The normalized spacial score (nSPS) is 12.7. The molecule has 1 aliphatic rings. The molecular formula is C61H42N2S. The Hall–Kier alpha value is -7.72. The predicted molar refractivity (Wildman–Crippen MR) is 271 cm³/mol. The zero-order chi connectivity index (χ0) is 42.8. The van der Waals surface area contributed by atoms with Gasteiger partial charge in [0.1, 0.15) is 0 Å². The first-order valence-corrected chi connectivity index (χ1v) is 22.8. The summed E-state index contributed by atoms with van der Waals surface area (Å²) in [5.41, 5.74) is 19.4. The van der Waals surface area contributed by atoms with Crippen LogP contribution < -0.4 is 0 Å². The van der Waals surface area contributed by atoms with E-state index < -0.39 is 0 Å². The first-order valence-electron chi connectivity index (χ1n) is 22.0. The highest BCUT2D eigenvalue weighted by Crippen LogP contribution is 2.50. The van der Waals surface area contributed by atoms with Crippen molar-refractivity contribution < 1.29 is 0 Å². The van der Waals surface area contributed by atoms with Gasteiger partial charge in [-0.3, -0.25) is 0 Å². The number of hydrogen-bond donors (Lipinski definition) is 0. The fourth-order valence-corrected chi connectivity index (χ4v) is 11.0. The van der Waals surface area contributed by atoms with Crippen LogP contribution in [0.15, 0.2) is 218 Å². The second kappa shape index (κ2) is 15.3. The van der Waals surface area contributed by atoms with Crippen molar-refractivity contribution in [2.45, 2.75) is 19.3 Å². The predicted octanol–water partition coefficient (Wildman–Crippen LogP) is 16.8. The summed E-state index contributed by atoms with van der Waals surface area (Å²) < 4.78 is 2.59. The average Bonchev–Trinajstić information content (AvgIpc) is 3.85. The van der Waals surface area contributed by atoms with Crippen molar-refractivity contribution in [3.63, 3.8) is 0 Å². The third-order valence-corrected chi connectivity index (χ3v) is 14.3. The maximum absolute atomic E-state index is 5.41. The van der Waals surface area contributed by atoms with Gasteiger partial charge in [-0.05, 0) is 115 Å². The van der Waals surface area contributed by atoms with Crippen molar-refractivity contribution in [1.82, 2.24) is 9.97 Å². The molecule has 0 N–H and O–H groups in total. The monoisotopic (exact) mass is 834 g/mol. The Bertz CT molecular complexity index is 3580. The molecule has 2 heterocycles. The van der Waals surface area contributed by atoms with E-state index in [9.17, 15) is 0 Å². The summed E-state index contributed by atoms with van der Waals surface area (Å²) in [6.45, 7) is 4.67. The Morgan fingerprint density at radius 1 is 0.312 bits per heavy atom. The Balaban J connectivity index is 1.07. The van der Waals surface area contributed by atoms with E-state index in [4.69, 9.17) is 9.97 Å². The Labute approximate surface area is 377 Å². The van der Waals surface area contributed by atoms with Crippen molar-refractivity contribution >= 4 is 31.5 Å². The van der Waals surface area contributed by atoms with E-state index >= 15 is 0 Å². The van der Waals surface area contributed by atoms with E-state index in [1.807, 2.05) is 17.4 Å². The van der Waals surface area contributed by atoms with Gasteiger partial charge in [-0.25, -0.2) is 9.97 Å². The lowest BCUT2D eigenvalue weighted by atomic mass is 9.82. The summed E-state index contributed by atoms with van der Waals surface area (Å²) in [5.74, 6) is 0.690. The maximum Gasteiger partial charge on any atom is 0.160 e. The minimum Gasteiger partial charge on any atom is -0.228 e. The molecule has 2 nitrogen and oxygen atoms in total. The van der Waals surface area contributed by atoms with Gasteiger partial charge in [0.15, 0.2) is 5.82 Å². The summed E-state index contributed by atoms with van der Waals surface area (Å²) in [6, 6.07) is 79.2. The summed E-state index contributed by atoms with van der Waals surface area (Å²) in [4.78, 5) is 10.8. The minimum absolute atomic E-state index is 0.0611. The lowest BCUT2D eigenvalue weighted by molar-refractivity contribution is 0.660. The topological polar surface area (TPSA) is 25.8 Å². The van der Waals surface area contributed by atoms with Gasteiger partial charge in [-0.2, -0.15) is 0 Å². The SMILES string of the molecule is CC1(C)c2ccccc2-c2cc(-c3ccccc3-c3cc(-c4cc(-c5ccc6sc7ccccc7c6c5)cc(-c5ccccc5-c5ccccc5)c4)nc(-c4ccccc4)n3)ccc21. The molecule has 0 aliphatic heterocycles. The third-order valence-electron chi connectivity index (χ3n) is 13.1. The molecule has 0 atom stereocenters. The van der Waals surface area contributed by atoms with Crippen LogP contribution in [0.3, 0.4) is 0 Å². The van der Waals surface area contributed by atoms with Gasteiger partial charge in [-0.1, -0.05) is 184 Å². The molecule has 0 fully saturated rings. The van der Waals surface area contributed by atoms with E-state index in [1.54, 1.807) is 0 Å². The third kappa shape index (κ3) is 6.47. The Kier molecular flexibility index (Phi) is 9.06. The molecule has 11 aromatic rings. The van der Waals surface area contributed by atoms with E-state index in [2.05, 4.69) is 226 Å². The molecule has 0 saturated heterocycles. The molecule has 0 unspecified atom stereocenters. The molecule has 2 aromatic heterocycles. The van der Waals surface area contributed by atoms with Crippen LogP contribution in [0.1, 0.15) is 25.0 Å². The van der Waals surface area contributed by atoms with Crippen LogP contribution in [0.25, 0.3) is 110 Å². The van der Waals surface area contributed by atoms with Crippen LogP contribution in [0.2, 0.25) is 0 Å². The molecule has 0 amide bonds. The maximum atomic E-state index is 5.41. The van der Waals surface area contributed by atoms with E-state index in [0.717, 1.165) is 44.8 Å². The van der Waals surface area contributed by atoms with Gasteiger partial charge in [0.05, 0.1) is 11.4 Å². The standard InChI is InChI=1S/C61H42N2S/c1-61(2)54-27-15-13-24-49(54)52-37-42(29-31-55(52)61)47-22-11-12-25-50(47)57-38-56(62-60(63-57)40-19-7-4-8-20-40)45-34-43(41-30-32-59-53(36-41)51-26-14-16-28-58(51)64-59)33-44(35-45)48-23-10-9-21-46(48)39-17-5-3-6-18-39/h3-38H,1-2H3. The smallest absolute Gasteiger partial charge is 0.160 e. The van der Waals surface area contributed by atoms with Gasteiger partial charge in [0, 0.05) is 42.3 Å². The average molecular weight is 835 g/mol. The van der Waals surface area contributed by atoms with E-state index in [-0.39, 0.29) is 5.41 Å². The fourth-order valence-electron chi connectivity index (χ4n) is 9.90. The quantitative estimate of drug-likeness (QED) is 0.160. The van der Waals surface area contributed by atoms with Gasteiger partial charge in [0.2, 0.25) is 0 Å². The van der Waals surface area contributed by atoms with Crippen molar-refractivity contribution in [2.24, 2.45) is 0 Å². The Morgan fingerprint density at radius 2 is 0.859 bits per heavy atom. The van der Waals surface area contributed by atoms with E-state index in [1.165, 1.54) is 70.2 Å². The second-order valence-corrected chi connectivity index (χ2v) is 18.4. The molecular weight excluding hydrogens is 793 g/mol. The molecule has 0 radical (unpaired) electrons. The molecule has 64 heavy (non-hydrogen) atoms. The largest absolute Gasteiger partial charge is 0.228 e. The first-order chi connectivity index (χ1) is 31.5. The van der Waals surface area contributed by atoms with Crippen molar-refractivity contribution in [1.29, 1.82) is 0 Å². The van der Waals surface area contributed by atoms with Crippen LogP contribution >= 0.6 is 11.3 Å². The molecule has 12 rings (SSSR count). The highest BCUT2D eigenvalue weighted by molar-refractivity contribution is 7.25. The molecule has 1 aliphatic carbocycles. The lowest BCUT2D eigenvalue weighted by Crippen LogP contribution is -2.14. The number of fused-ring (bicyclic) bond motifs is 6. The number of aromatic nitrogens is 2. The number of benzene rings is 9. The number of nitrogens with zero attached hydrogens (tertiary/aromatic N) is 2. The number of thiophene rings is 1. The first kappa shape index (κ1) is 38.0.